The van der Waals surface area contributed by atoms with Gasteiger partial charge in [-0.05, 0) is 24.3 Å². The number of hydrogen-bond acceptors (Lipinski definition) is 6. The van der Waals surface area contributed by atoms with Gasteiger partial charge in [0.1, 0.15) is 11.6 Å². The maximum Gasteiger partial charge on any atom is 0.321 e. The predicted molar refractivity (Wildman–Crippen MR) is 104 cm³/mol. The molecule has 0 unspecified atom stereocenters. The number of nitrogens with one attached hydrogen (secondary N) is 1. The van der Waals surface area contributed by atoms with Crippen molar-refractivity contribution in [1.29, 1.82) is 0 Å². The van der Waals surface area contributed by atoms with Gasteiger partial charge in [0.15, 0.2) is 11.6 Å². The highest BCUT2D eigenvalue weighted by atomic mass is 19.1. The van der Waals surface area contributed by atoms with E-state index in [1.54, 1.807) is 4.90 Å². The van der Waals surface area contributed by atoms with Crippen LogP contribution in [0.1, 0.15) is 0 Å². The highest BCUT2D eigenvalue weighted by Gasteiger charge is 2.23. The Morgan fingerprint density at radius 1 is 0.862 bits per heavy atom. The van der Waals surface area contributed by atoms with E-state index in [0.29, 0.717) is 39.4 Å². The minimum absolute atomic E-state index is 0.0968. The summed E-state index contributed by atoms with van der Waals surface area (Å²) in [5, 5.41) is 11.2. The van der Waals surface area contributed by atoms with Crippen molar-refractivity contribution in [2.45, 2.75) is 0 Å². The van der Waals surface area contributed by atoms with E-state index in [2.05, 4.69) is 25.3 Å². The minimum Gasteiger partial charge on any atom is -0.378 e. The van der Waals surface area contributed by atoms with Gasteiger partial charge in [0.05, 0.1) is 13.2 Å². The van der Waals surface area contributed by atoms with Crippen LogP contribution in [-0.4, -0.2) is 73.6 Å². The fourth-order valence-electron chi connectivity index (χ4n) is 3.42. The van der Waals surface area contributed by atoms with Crippen LogP contribution in [0.2, 0.25) is 0 Å². The molecule has 8 nitrogen and oxygen atoms in total. The Morgan fingerprint density at radius 2 is 1.41 bits per heavy atom. The predicted octanol–water partition coefficient (Wildman–Crippen LogP) is 1.95. The number of morpholine rings is 1. The second kappa shape index (κ2) is 8.56. The van der Waals surface area contributed by atoms with Gasteiger partial charge in [0, 0.05) is 51.0 Å². The molecule has 2 amide bonds. The number of aromatic nitrogens is 2. The van der Waals surface area contributed by atoms with E-state index in [4.69, 9.17) is 4.74 Å². The Hall–Kier alpha value is -3.01. The molecule has 2 aliphatic heterocycles. The minimum atomic E-state index is -0.732. The van der Waals surface area contributed by atoms with Gasteiger partial charge in [0.25, 0.3) is 0 Å². The van der Waals surface area contributed by atoms with Gasteiger partial charge in [0.2, 0.25) is 0 Å². The number of anilines is 3. The van der Waals surface area contributed by atoms with Crippen molar-refractivity contribution in [3.63, 3.8) is 0 Å². The molecule has 154 valence electrons. The average molecular weight is 404 g/mol. The van der Waals surface area contributed by atoms with Crippen LogP contribution >= 0.6 is 0 Å². The van der Waals surface area contributed by atoms with Crippen LogP contribution in [-0.2, 0) is 4.74 Å². The van der Waals surface area contributed by atoms with Crippen LogP contribution in [0.25, 0.3) is 0 Å². The molecule has 1 N–H and O–H groups in total. The maximum absolute atomic E-state index is 13.3. The van der Waals surface area contributed by atoms with Crippen LogP contribution in [0.4, 0.5) is 30.9 Å². The number of amides is 2. The monoisotopic (exact) mass is 404 g/mol. The number of hydrogen-bond donors (Lipinski definition) is 1. The number of carbonyl (C=O) groups excluding carboxylic acids is 1. The van der Waals surface area contributed by atoms with Gasteiger partial charge in [-0.15, -0.1) is 10.2 Å². The summed E-state index contributed by atoms with van der Waals surface area (Å²) in [5.41, 5.74) is 0.0968. The fraction of sp³-hybridized carbons (Fsp3) is 0.421. The highest BCUT2D eigenvalue weighted by Crippen LogP contribution is 2.18. The first-order chi connectivity index (χ1) is 14.1. The summed E-state index contributed by atoms with van der Waals surface area (Å²) < 4.78 is 31.9. The third-order valence-corrected chi connectivity index (χ3v) is 4.98. The van der Waals surface area contributed by atoms with Crippen molar-refractivity contribution in [3.8, 4) is 0 Å². The second-order valence-corrected chi connectivity index (χ2v) is 6.91. The van der Waals surface area contributed by atoms with Crippen molar-refractivity contribution in [1.82, 2.24) is 15.1 Å². The Kier molecular flexibility index (Phi) is 5.70. The Balaban J connectivity index is 1.31. The zero-order chi connectivity index (χ0) is 20.2. The lowest BCUT2D eigenvalue weighted by Crippen LogP contribution is -2.50. The summed E-state index contributed by atoms with van der Waals surface area (Å²) in [4.78, 5) is 18.2. The molecule has 0 radical (unpaired) electrons. The van der Waals surface area contributed by atoms with Gasteiger partial charge >= 0.3 is 6.03 Å². The summed E-state index contributed by atoms with van der Waals surface area (Å²) in [7, 11) is 0. The molecular formula is C19H22F2N6O2. The van der Waals surface area contributed by atoms with Crippen LogP contribution < -0.4 is 15.1 Å². The molecule has 10 heteroatoms. The van der Waals surface area contributed by atoms with Crippen LogP contribution in [0.5, 0.6) is 0 Å². The highest BCUT2D eigenvalue weighted by molar-refractivity contribution is 5.89. The molecule has 2 aromatic rings. The van der Waals surface area contributed by atoms with Gasteiger partial charge in [-0.3, -0.25) is 0 Å². The first-order valence-electron chi connectivity index (χ1n) is 9.52. The first-order valence-corrected chi connectivity index (χ1v) is 9.52. The topological polar surface area (TPSA) is 73.8 Å². The molecule has 4 rings (SSSR count). The normalized spacial score (nSPS) is 17.4. The van der Waals surface area contributed by atoms with Crippen molar-refractivity contribution in [2.24, 2.45) is 0 Å². The number of halogens is 2. The number of piperazine rings is 1. The van der Waals surface area contributed by atoms with Crippen molar-refractivity contribution in [3.05, 3.63) is 42.0 Å². The van der Waals surface area contributed by atoms with Crippen LogP contribution in [0, 0.1) is 11.6 Å². The molecule has 0 bridgehead atoms. The number of urea groups is 1. The summed E-state index contributed by atoms with van der Waals surface area (Å²) in [6, 6.07) is 6.43. The molecule has 2 fully saturated rings. The lowest BCUT2D eigenvalue weighted by atomic mass is 10.3. The Bertz CT molecular complexity index is 832. The van der Waals surface area contributed by atoms with Crippen LogP contribution in [0.3, 0.4) is 0 Å². The molecule has 29 heavy (non-hydrogen) atoms. The molecule has 2 saturated heterocycles. The number of carbonyl (C=O) groups is 1. The maximum atomic E-state index is 13.3. The summed E-state index contributed by atoms with van der Waals surface area (Å²) in [6.07, 6.45) is 0. The third-order valence-electron chi connectivity index (χ3n) is 4.98. The zero-order valence-electron chi connectivity index (χ0n) is 15.9. The molecular weight excluding hydrogens is 382 g/mol. The summed E-state index contributed by atoms with van der Waals surface area (Å²) >= 11 is 0. The standard InChI is InChI=1S/C19H22F2N6O2/c20-14-11-15(21)13-16(12-14)22-19(28)27-5-3-25(4-6-27)17-1-2-18(24-23-17)26-7-9-29-10-8-26/h1-2,11-13H,3-10H2,(H,22,28). The summed E-state index contributed by atoms with van der Waals surface area (Å²) in [6.45, 7) is 5.11. The molecule has 1 aromatic carbocycles. The zero-order valence-corrected chi connectivity index (χ0v) is 15.9. The van der Waals surface area contributed by atoms with Crippen molar-refractivity contribution in [2.75, 3.05) is 67.6 Å². The Morgan fingerprint density at radius 3 is 1.97 bits per heavy atom. The quantitative estimate of drug-likeness (QED) is 0.843. The van der Waals surface area contributed by atoms with E-state index in [1.807, 2.05) is 12.1 Å². The molecule has 0 atom stereocenters. The third kappa shape index (κ3) is 4.70. The molecule has 0 aliphatic carbocycles. The van der Waals surface area contributed by atoms with Gasteiger partial charge in [-0.25, -0.2) is 13.6 Å². The van der Waals surface area contributed by atoms with Gasteiger partial charge in [-0.2, -0.15) is 0 Å². The van der Waals surface area contributed by atoms with Crippen LogP contribution in [0.15, 0.2) is 30.3 Å². The average Bonchev–Trinajstić information content (AvgIpc) is 2.74. The second-order valence-electron chi connectivity index (χ2n) is 6.91. The lowest BCUT2D eigenvalue weighted by Gasteiger charge is -2.35. The SMILES string of the molecule is O=C(Nc1cc(F)cc(F)c1)N1CCN(c2ccc(N3CCOCC3)nn2)CC1. The number of benzene rings is 1. The number of ether oxygens (including phenoxy) is 1. The molecule has 0 spiro atoms. The Labute approximate surface area is 167 Å². The van der Waals surface area contributed by atoms with E-state index in [0.717, 1.165) is 42.9 Å². The van der Waals surface area contributed by atoms with E-state index >= 15 is 0 Å². The van der Waals surface area contributed by atoms with Gasteiger partial charge in [-0.1, -0.05) is 0 Å². The number of rotatable bonds is 3. The smallest absolute Gasteiger partial charge is 0.321 e. The lowest BCUT2D eigenvalue weighted by molar-refractivity contribution is 0.122. The number of nitrogens with zero attached hydrogens (tertiary/aromatic N) is 5. The first kappa shape index (κ1) is 19.3. The molecule has 0 saturated carbocycles. The van der Waals surface area contributed by atoms with E-state index in [1.165, 1.54) is 0 Å². The molecule has 2 aliphatic rings. The fourth-order valence-corrected chi connectivity index (χ4v) is 3.42. The van der Waals surface area contributed by atoms with Gasteiger partial charge < -0.3 is 24.8 Å². The van der Waals surface area contributed by atoms with E-state index in [-0.39, 0.29) is 11.7 Å². The van der Waals surface area contributed by atoms with E-state index in [9.17, 15) is 13.6 Å². The largest absolute Gasteiger partial charge is 0.378 e. The van der Waals surface area contributed by atoms with E-state index < -0.39 is 11.6 Å². The molecule has 1 aromatic heterocycles. The molecule has 3 heterocycles. The summed E-state index contributed by atoms with van der Waals surface area (Å²) in [5.74, 6) is 0.125. The van der Waals surface area contributed by atoms with Crippen molar-refractivity contribution < 1.29 is 18.3 Å². The van der Waals surface area contributed by atoms with Crippen molar-refractivity contribution >= 4 is 23.4 Å².